The number of sulfonamides is 1. The van der Waals surface area contributed by atoms with Gasteiger partial charge in [0.1, 0.15) is 0 Å². The van der Waals surface area contributed by atoms with Gasteiger partial charge >= 0.3 is 0 Å². The highest BCUT2D eigenvalue weighted by atomic mass is 32.2. The minimum absolute atomic E-state index is 0.0535. The van der Waals surface area contributed by atoms with Gasteiger partial charge in [-0.2, -0.15) is 0 Å². The second kappa shape index (κ2) is 6.44. The van der Waals surface area contributed by atoms with Crippen molar-refractivity contribution in [3.8, 4) is 0 Å². The first kappa shape index (κ1) is 16.4. The Labute approximate surface area is 132 Å². The fourth-order valence-electron chi connectivity index (χ4n) is 1.87. The molecule has 0 fully saturated rings. The number of nitrogens with one attached hydrogen (secondary N) is 1. The van der Waals surface area contributed by atoms with Gasteiger partial charge < -0.3 is 5.73 Å². The average molecular weight is 335 g/mol. The summed E-state index contributed by atoms with van der Waals surface area (Å²) < 4.78 is 26.8. The monoisotopic (exact) mass is 335 g/mol. The van der Waals surface area contributed by atoms with Crippen LogP contribution in [0.4, 0.5) is 11.4 Å². The van der Waals surface area contributed by atoms with Crippen LogP contribution in [0, 0.1) is 10.1 Å². The van der Waals surface area contributed by atoms with Crippen LogP contribution >= 0.6 is 0 Å². The van der Waals surface area contributed by atoms with E-state index in [2.05, 4.69) is 4.72 Å². The Kier molecular flexibility index (Phi) is 4.60. The highest BCUT2D eigenvalue weighted by molar-refractivity contribution is 7.92. The predicted molar refractivity (Wildman–Crippen MR) is 83.2 cm³/mol. The summed E-state index contributed by atoms with van der Waals surface area (Å²) >= 11 is 0. The highest BCUT2D eigenvalue weighted by Gasteiger charge is 2.17. The van der Waals surface area contributed by atoms with Crippen LogP contribution in [0.3, 0.4) is 0 Å². The van der Waals surface area contributed by atoms with E-state index in [1.54, 1.807) is 12.1 Å². The van der Waals surface area contributed by atoms with Crippen molar-refractivity contribution in [3.05, 3.63) is 64.2 Å². The third-order valence-electron chi connectivity index (χ3n) is 2.92. The van der Waals surface area contributed by atoms with E-state index >= 15 is 0 Å². The summed E-state index contributed by atoms with van der Waals surface area (Å²) in [7, 11) is -3.95. The van der Waals surface area contributed by atoms with E-state index in [1.807, 2.05) is 0 Å². The van der Waals surface area contributed by atoms with E-state index in [1.165, 1.54) is 30.3 Å². The number of carbonyl (C=O) groups excluding carboxylic acids is 1. The Morgan fingerprint density at radius 1 is 1.17 bits per heavy atom. The normalized spacial score (nSPS) is 11.0. The van der Waals surface area contributed by atoms with E-state index < -0.39 is 20.9 Å². The number of nitrogens with two attached hydrogens (primary N) is 1. The van der Waals surface area contributed by atoms with E-state index in [9.17, 15) is 23.3 Å². The molecule has 0 aliphatic carbocycles. The van der Waals surface area contributed by atoms with Crippen LogP contribution in [-0.2, 0) is 21.2 Å². The van der Waals surface area contributed by atoms with Crippen molar-refractivity contribution in [2.45, 2.75) is 11.3 Å². The summed E-state index contributed by atoms with van der Waals surface area (Å²) in [5.74, 6) is -0.491. The molecule has 0 radical (unpaired) electrons. The zero-order chi connectivity index (χ0) is 17.0. The molecular formula is C14H13N3O5S. The maximum Gasteiger partial charge on any atom is 0.270 e. The molecule has 0 unspecified atom stereocenters. The van der Waals surface area contributed by atoms with Crippen molar-refractivity contribution >= 4 is 27.3 Å². The first-order valence-corrected chi connectivity index (χ1v) is 7.91. The molecule has 2 aromatic rings. The molecule has 0 aromatic heterocycles. The Morgan fingerprint density at radius 3 is 2.39 bits per heavy atom. The third kappa shape index (κ3) is 4.27. The lowest BCUT2D eigenvalue weighted by atomic mass is 10.1. The van der Waals surface area contributed by atoms with Gasteiger partial charge in [-0.15, -0.1) is 0 Å². The van der Waals surface area contributed by atoms with Crippen LogP contribution in [0.2, 0.25) is 0 Å². The molecule has 2 rings (SSSR count). The number of rotatable bonds is 6. The molecule has 0 saturated carbocycles. The minimum Gasteiger partial charge on any atom is -0.369 e. The summed E-state index contributed by atoms with van der Waals surface area (Å²) in [6, 6.07) is 10.8. The number of anilines is 1. The van der Waals surface area contributed by atoms with Gasteiger partial charge in [0.05, 0.1) is 16.2 Å². The van der Waals surface area contributed by atoms with Crippen molar-refractivity contribution in [1.29, 1.82) is 0 Å². The molecule has 120 valence electrons. The molecule has 0 atom stereocenters. The van der Waals surface area contributed by atoms with E-state index in [0.717, 1.165) is 6.07 Å². The van der Waals surface area contributed by atoms with Crippen LogP contribution in [-0.4, -0.2) is 19.2 Å². The quantitative estimate of drug-likeness (QED) is 0.608. The molecule has 1 amide bonds. The second-order valence-corrected chi connectivity index (χ2v) is 6.38. The molecule has 8 nitrogen and oxygen atoms in total. The molecule has 9 heteroatoms. The van der Waals surface area contributed by atoms with Gasteiger partial charge in [-0.05, 0) is 23.8 Å². The first-order chi connectivity index (χ1) is 10.8. The van der Waals surface area contributed by atoms with Gasteiger partial charge in [0.15, 0.2) is 0 Å². The molecule has 2 aromatic carbocycles. The van der Waals surface area contributed by atoms with Crippen molar-refractivity contribution in [2.75, 3.05) is 4.72 Å². The zero-order valence-electron chi connectivity index (χ0n) is 11.8. The van der Waals surface area contributed by atoms with Gasteiger partial charge in [0.25, 0.3) is 15.7 Å². The highest BCUT2D eigenvalue weighted by Crippen LogP contribution is 2.20. The smallest absolute Gasteiger partial charge is 0.270 e. The number of primary amides is 1. The van der Waals surface area contributed by atoms with Gasteiger partial charge in [-0.25, -0.2) is 8.42 Å². The maximum atomic E-state index is 12.2. The van der Waals surface area contributed by atoms with Gasteiger partial charge in [0, 0.05) is 17.8 Å². The predicted octanol–water partition coefficient (Wildman–Crippen LogP) is 1.42. The van der Waals surface area contributed by atoms with Crippen molar-refractivity contribution in [3.63, 3.8) is 0 Å². The molecule has 0 heterocycles. The summed E-state index contributed by atoms with van der Waals surface area (Å²) in [5, 5.41) is 10.7. The lowest BCUT2D eigenvalue weighted by molar-refractivity contribution is -0.385. The maximum absolute atomic E-state index is 12.2. The van der Waals surface area contributed by atoms with Crippen LogP contribution in [0.15, 0.2) is 53.4 Å². The molecular weight excluding hydrogens is 322 g/mol. The van der Waals surface area contributed by atoms with Gasteiger partial charge in [-0.3, -0.25) is 19.6 Å². The Balaban J connectivity index is 2.22. The Bertz CT molecular complexity index is 847. The Morgan fingerprint density at radius 2 is 1.83 bits per heavy atom. The topological polar surface area (TPSA) is 132 Å². The zero-order valence-corrected chi connectivity index (χ0v) is 12.6. The first-order valence-electron chi connectivity index (χ1n) is 6.42. The van der Waals surface area contributed by atoms with E-state index in [-0.39, 0.29) is 22.7 Å². The Hall–Kier alpha value is -2.94. The second-order valence-electron chi connectivity index (χ2n) is 4.70. The molecule has 23 heavy (non-hydrogen) atoms. The molecule has 0 spiro atoms. The fourth-order valence-corrected chi connectivity index (χ4v) is 2.97. The van der Waals surface area contributed by atoms with Crippen molar-refractivity contribution in [1.82, 2.24) is 0 Å². The number of nitro benzene ring substituents is 1. The average Bonchev–Trinajstić information content (AvgIpc) is 2.48. The number of nitrogens with zero attached hydrogens (tertiary/aromatic N) is 1. The lowest BCUT2D eigenvalue weighted by Gasteiger charge is -2.08. The van der Waals surface area contributed by atoms with Crippen LogP contribution in [0.1, 0.15) is 5.56 Å². The van der Waals surface area contributed by atoms with E-state index in [0.29, 0.717) is 5.56 Å². The minimum atomic E-state index is -3.95. The third-order valence-corrected chi connectivity index (χ3v) is 4.30. The number of nitro groups is 1. The molecule has 0 aliphatic rings. The van der Waals surface area contributed by atoms with Crippen LogP contribution in [0.25, 0.3) is 0 Å². The fraction of sp³-hybridized carbons (Fsp3) is 0.0714. The molecule has 0 aliphatic heterocycles. The number of carbonyl (C=O) groups is 1. The number of non-ortho nitro benzene ring substituents is 1. The van der Waals surface area contributed by atoms with Gasteiger partial charge in [0.2, 0.25) is 5.91 Å². The SMILES string of the molecule is NC(=O)Cc1ccc(NS(=O)(=O)c2cccc([N+](=O)[O-])c2)cc1. The molecule has 0 saturated heterocycles. The van der Waals surface area contributed by atoms with Gasteiger partial charge in [-0.1, -0.05) is 18.2 Å². The number of amides is 1. The van der Waals surface area contributed by atoms with Crippen LogP contribution in [0.5, 0.6) is 0 Å². The summed E-state index contributed by atoms with van der Waals surface area (Å²) in [6.45, 7) is 0. The summed E-state index contributed by atoms with van der Waals surface area (Å²) in [6.07, 6.45) is 0.0535. The summed E-state index contributed by atoms with van der Waals surface area (Å²) in [4.78, 5) is 20.6. The lowest BCUT2D eigenvalue weighted by Crippen LogP contribution is -2.14. The molecule has 3 N–H and O–H groups in total. The van der Waals surface area contributed by atoms with Crippen molar-refractivity contribution in [2.24, 2.45) is 5.73 Å². The summed E-state index contributed by atoms with van der Waals surface area (Å²) in [5.41, 5.74) is 5.68. The molecule has 0 bridgehead atoms. The van der Waals surface area contributed by atoms with E-state index in [4.69, 9.17) is 5.73 Å². The van der Waals surface area contributed by atoms with Crippen LogP contribution < -0.4 is 10.5 Å². The van der Waals surface area contributed by atoms with Crippen molar-refractivity contribution < 1.29 is 18.1 Å². The largest absolute Gasteiger partial charge is 0.369 e. The number of benzene rings is 2. The number of hydrogen-bond acceptors (Lipinski definition) is 5. The standard InChI is InChI=1S/C14H13N3O5S/c15-14(18)8-10-4-6-11(7-5-10)16-23(21,22)13-3-1-2-12(9-13)17(19)20/h1-7,9,16H,8H2,(H2,15,18). The number of hydrogen-bond donors (Lipinski definition) is 2.